The number of aromatic nitrogens is 3. The van der Waals surface area contributed by atoms with Crippen LogP contribution in [0.5, 0.6) is 5.75 Å². The van der Waals surface area contributed by atoms with E-state index in [1.165, 1.54) is 21.5 Å². The summed E-state index contributed by atoms with van der Waals surface area (Å²) in [7, 11) is 2.14. The summed E-state index contributed by atoms with van der Waals surface area (Å²) in [5.41, 5.74) is 6.75. The van der Waals surface area contributed by atoms with Gasteiger partial charge in [-0.05, 0) is 75.2 Å². The van der Waals surface area contributed by atoms with Crippen molar-refractivity contribution in [2.24, 2.45) is 7.05 Å². The smallest absolute Gasteiger partial charge is 0.410 e. The van der Waals surface area contributed by atoms with Gasteiger partial charge in [-0.1, -0.05) is 49.4 Å². The molecule has 2 aromatic carbocycles. The van der Waals surface area contributed by atoms with Crippen molar-refractivity contribution >= 4 is 27.6 Å². The van der Waals surface area contributed by atoms with Crippen LogP contribution in [0, 0.1) is 0 Å². The number of imidazole rings is 1. The third kappa shape index (κ3) is 6.96. The molecule has 1 saturated heterocycles. The Labute approximate surface area is 270 Å². The molecule has 1 aliphatic heterocycles. The quantitative estimate of drug-likeness (QED) is 0.165. The van der Waals surface area contributed by atoms with E-state index < -0.39 is 5.60 Å². The highest BCUT2D eigenvalue weighted by atomic mass is 32.1. The zero-order valence-electron chi connectivity index (χ0n) is 27.1. The molecule has 0 N–H and O–H groups in total. The Kier molecular flexibility index (Phi) is 9.04. The van der Waals surface area contributed by atoms with E-state index in [-0.39, 0.29) is 12.2 Å². The van der Waals surface area contributed by atoms with E-state index in [1.54, 1.807) is 16.2 Å². The molecule has 0 spiro atoms. The maximum Gasteiger partial charge on any atom is 0.410 e. The lowest BCUT2D eigenvalue weighted by atomic mass is 10.1. The number of likely N-dealkylation sites (tertiary alicyclic amines) is 1. The first kappa shape index (κ1) is 31.0. The maximum absolute atomic E-state index is 12.4. The van der Waals surface area contributed by atoms with Crippen LogP contribution < -0.4 is 4.74 Å². The summed E-state index contributed by atoms with van der Waals surface area (Å²) >= 11 is 1.78. The molecule has 8 heteroatoms. The number of fused-ring (bicyclic) bond motifs is 1. The van der Waals surface area contributed by atoms with Gasteiger partial charge in [0.15, 0.2) is 5.82 Å². The topological polar surface area (TPSA) is 61.5 Å². The highest BCUT2D eigenvalue weighted by Gasteiger charge is 2.28. The number of carbonyl (C=O) groups is 1. The van der Waals surface area contributed by atoms with E-state index in [9.17, 15) is 4.79 Å². The highest BCUT2D eigenvalue weighted by molar-refractivity contribution is 7.17. The summed E-state index contributed by atoms with van der Waals surface area (Å²) in [5, 5.41) is 2.15. The molecule has 45 heavy (non-hydrogen) atoms. The predicted molar refractivity (Wildman–Crippen MR) is 183 cm³/mol. The van der Waals surface area contributed by atoms with E-state index >= 15 is 0 Å². The number of amides is 1. The van der Waals surface area contributed by atoms with Crippen molar-refractivity contribution in [3.63, 3.8) is 0 Å². The van der Waals surface area contributed by atoms with Crippen molar-refractivity contribution in [2.45, 2.75) is 78.0 Å². The molecule has 5 aromatic rings. The lowest BCUT2D eigenvalue weighted by Crippen LogP contribution is -2.44. The van der Waals surface area contributed by atoms with Gasteiger partial charge in [-0.2, -0.15) is 0 Å². The summed E-state index contributed by atoms with van der Waals surface area (Å²) in [6.07, 6.45) is 4.37. The van der Waals surface area contributed by atoms with Crippen molar-refractivity contribution in [2.75, 3.05) is 13.1 Å². The van der Waals surface area contributed by atoms with Gasteiger partial charge in [0.25, 0.3) is 0 Å². The normalized spacial score (nSPS) is 14.3. The van der Waals surface area contributed by atoms with Gasteiger partial charge < -0.3 is 23.5 Å². The number of nitrogens with zero attached hydrogens (tertiary/aromatic N) is 4. The molecule has 0 aliphatic carbocycles. The molecule has 7 nitrogen and oxygen atoms in total. The molecule has 4 heterocycles. The van der Waals surface area contributed by atoms with Crippen LogP contribution in [0.15, 0.2) is 72.1 Å². The Morgan fingerprint density at radius 1 is 1.02 bits per heavy atom. The van der Waals surface area contributed by atoms with E-state index in [1.807, 2.05) is 20.8 Å². The standard InChI is InChI=1S/C37H44N4O3S/c1-6-30-34(27-12-8-7-9-13-27)38-35(32-25-33-31(39(32)5)20-24-45-33)41(30)21-10-11-26-14-16-28(17-15-26)43-29-18-22-40(23-19-29)36(42)44-37(2,3)4/h7-9,12-17,20,24-25,29H,6,10-11,18-19,21-23H2,1-5H3. The van der Waals surface area contributed by atoms with Gasteiger partial charge in [-0.15, -0.1) is 11.3 Å². The molecule has 1 fully saturated rings. The largest absolute Gasteiger partial charge is 0.490 e. The van der Waals surface area contributed by atoms with Crippen molar-refractivity contribution in [1.82, 2.24) is 19.0 Å². The van der Waals surface area contributed by atoms with Crippen LogP contribution in [0.1, 0.15) is 58.2 Å². The number of aryl methyl sites for hydroxylation is 2. The van der Waals surface area contributed by atoms with Gasteiger partial charge in [-0.25, -0.2) is 9.78 Å². The number of piperidine rings is 1. The van der Waals surface area contributed by atoms with Gasteiger partial charge >= 0.3 is 6.09 Å². The first-order chi connectivity index (χ1) is 21.7. The fourth-order valence-electron chi connectivity index (χ4n) is 6.22. The third-order valence-electron chi connectivity index (χ3n) is 8.51. The van der Waals surface area contributed by atoms with Gasteiger partial charge in [0.2, 0.25) is 0 Å². The van der Waals surface area contributed by atoms with Crippen LogP contribution >= 0.6 is 11.3 Å². The molecule has 6 rings (SSSR count). The molecule has 0 saturated carbocycles. The van der Waals surface area contributed by atoms with Crippen LogP contribution in [-0.4, -0.2) is 49.9 Å². The van der Waals surface area contributed by atoms with Crippen molar-refractivity contribution in [3.05, 3.63) is 83.4 Å². The highest BCUT2D eigenvalue weighted by Crippen LogP contribution is 2.34. The minimum Gasteiger partial charge on any atom is -0.490 e. The van der Waals surface area contributed by atoms with Crippen molar-refractivity contribution in [1.29, 1.82) is 0 Å². The van der Waals surface area contributed by atoms with Gasteiger partial charge in [0.05, 0.1) is 21.6 Å². The molecular formula is C37H44N4O3S. The molecule has 0 bridgehead atoms. The van der Waals surface area contributed by atoms with Gasteiger partial charge in [0, 0.05) is 50.8 Å². The lowest BCUT2D eigenvalue weighted by molar-refractivity contribution is 0.0126. The zero-order chi connectivity index (χ0) is 31.6. The Balaban J connectivity index is 1.11. The van der Waals surface area contributed by atoms with Crippen molar-refractivity contribution in [3.8, 4) is 28.5 Å². The average molecular weight is 625 g/mol. The second-order valence-corrected chi connectivity index (χ2v) is 13.8. The van der Waals surface area contributed by atoms with E-state index in [2.05, 4.69) is 95.2 Å². The molecule has 3 aromatic heterocycles. The number of carbonyl (C=O) groups excluding carboxylic acids is 1. The molecule has 1 aliphatic rings. The van der Waals surface area contributed by atoms with E-state index in [0.29, 0.717) is 13.1 Å². The van der Waals surface area contributed by atoms with Crippen molar-refractivity contribution < 1.29 is 14.3 Å². The minimum atomic E-state index is -0.477. The Hall–Kier alpha value is -4.04. The molecule has 0 radical (unpaired) electrons. The van der Waals surface area contributed by atoms with Crippen LogP contribution in [0.3, 0.4) is 0 Å². The Morgan fingerprint density at radius 3 is 2.42 bits per heavy atom. The lowest BCUT2D eigenvalue weighted by Gasteiger charge is -2.33. The fraction of sp³-hybridized carbons (Fsp3) is 0.405. The number of ether oxygens (including phenoxy) is 2. The number of hydrogen-bond acceptors (Lipinski definition) is 5. The fourth-order valence-corrected chi connectivity index (χ4v) is 7.07. The molecular weight excluding hydrogens is 580 g/mol. The summed E-state index contributed by atoms with van der Waals surface area (Å²) in [4.78, 5) is 19.4. The average Bonchev–Trinajstić information content (AvgIpc) is 3.72. The maximum atomic E-state index is 12.4. The molecule has 0 unspecified atom stereocenters. The second-order valence-electron chi connectivity index (χ2n) is 12.9. The van der Waals surface area contributed by atoms with Gasteiger partial charge in [-0.3, -0.25) is 0 Å². The molecule has 1 amide bonds. The summed E-state index contributed by atoms with van der Waals surface area (Å²) in [6, 6.07) is 23.6. The summed E-state index contributed by atoms with van der Waals surface area (Å²) in [6.45, 7) is 10.1. The van der Waals surface area contributed by atoms with E-state index in [0.717, 1.165) is 67.2 Å². The number of benzene rings is 2. The number of thiophene rings is 1. The number of rotatable bonds is 9. The van der Waals surface area contributed by atoms with Crippen LogP contribution in [0.2, 0.25) is 0 Å². The molecule has 0 atom stereocenters. The number of hydrogen-bond donors (Lipinski definition) is 0. The first-order valence-electron chi connectivity index (χ1n) is 16.1. The van der Waals surface area contributed by atoms with E-state index in [4.69, 9.17) is 14.5 Å². The zero-order valence-corrected chi connectivity index (χ0v) is 27.9. The van der Waals surface area contributed by atoms with Gasteiger partial charge in [0.1, 0.15) is 17.5 Å². The van der Waals surface area contributed by atoms with Crippen LogP contribution in [-0.2, 0) is 31.2 Å². The van der Waals surface area contributed by atoms with Crippen LogP contribution in [0.25, 0.3) is 33.0 Å². The Bertz CT molecular complexity index is 1740. The monoisotopic (exact) mass is 624 g/mol. The Morgan fingerprint density at radius 2 is 1.76 bits per heavy atom. The summed E-state index contributed by atoms with van der Waals surface area (Å²) < 4.78 is 17.8. The summed E-state index contributed by atoms with van der Waals surface area (Å²) in [5.74, 6) is 1.92. The predicted octanol–water partition coefficient (Wildman–Crippen LogP) is 8.74. The molecule has 236 valence electrons. The second kappa shape index (κ2) is 13.1. The first-order valence-corrected chi connectivity index (χ1v) is 17.0. The third-order valence-corrected chi connectivity index (χ3v) is 9.37. The van der Waals surface area contributed by atoms with Crippen LogP contribution in [0.4, 0.5) is 4.79 Å². The minimum absolute atomic E-state index is 0.105. The SMILES string of the molecule is CCc1c(-c2ccccc2)nc(-c2cc3sccc3n2C)n1CCCc1ccc(OC2CCN(C(=O)OC(C)(C)C)CC2)cc1.